The van der Waals surface area contributed by atoms with Gasteiger partial charge >= 0.3 is 0 Å². The lowest BCUT2D eigenvalue weighted by Crippen LogP contribution is -2.26. The van der Waals surface area contributed by atoms with Crippen molar-refractivity contribution in [3.8, 4) is 0 Å². The highest BCUT2D eigenvalue weighted by Gasteiger charge is 2.18. The second-order valence-corrected chi connectivity index (χ2v) is 5.77. The largest absolute Gasteiger partial charge is 0.335 e. The van der Waals surface area contributed by atoms with E-state index in [4.69, 9.17) is 0 Å². The molecule has 2 heterocycles. The van der Waals surface area contributed by atoms with Crippen molar-refractivity contribution in [2.45, 2.75) is 33.4 Å². The number of amides is 1. The SMILES string of the molecule is Cc1nn(C(C)C)cc1C(=O)N(C)Cc1nccs1. The minimum atomic E-state index is -0.0143. The molecule has 2 rings (SSSR count). The molecule has 0 unspecified atom stereocenters. The van der Waals surface area contributed by atoms with Crippen LogP contribution in [0.5, 0.6) is 0 Å². The topological polar surface area (TPSA) is 51.0 Å². The summed E-state index contributed by atoms with van der Waals surface area (Å²) in [6.07, 6.45) is 3.57. The van der Waals surface area contributed by atoms with Gasteiger partial charge in [0.1, 0.15) is 5.01 Å². The standard InChI is InChI=1S/C13H18N4OS/c1-9(2)17-7-11(10(3)15-17)13(18)16(4)8-12-14-5-6-19-12/h5-7,9H,8H2,1-4H3. The van der Waals surface area contributed by atoms with E-state index in [1.807, 2.05) is 37.0 Å². The second kappa shape index (κ2) is 5.52. The van der Waals surface area contributed by atoms with Gasteiger partial charge in [0.2, 0.25) is 0 Å². The summed E-state index contributed by atoms with van der Waals surface area (Å²) in [5.74, 6) is -0.0143. The van der Waals surface area contributed by atoms with Crippen LogP contribution < -0.4 is 0 Å². The molecular weight excluding hydrogens is 260 g/mol. The Bertz CT molecular complexity index is 559. The van der Waals surface area contributed by atoms with Crippen LogP contribution >= 0.6 is 11.3 Å². The van der Waals surface area contributed by atoms with E-state index in [0.29, 0.717) is 12.1 Å². The van der Waals surface area contributed by atoms with Gasteiger partial charge in [-0.15, -0.1) is 11.3 Å². The van der Waals surface area contributed by atoms with Gasteiger partial charge in [-0.05, 0) is 20.8 Å². The molecule has 6 heteroatoms. The first-order chi connectivity index (χ1) is 8.99. The number of carbonyl (C=O) groups is 1. The van der Waals surface area contributed by atoms with E-state index >= 15 is 0 Å². The van der Waals surface area contributed by atoms with Crippen LogP contribution in [0.15, 0.2) is 17.8 Å². The van der Waals surface area contributed by atoms with Crippen LogP contribution in [0.25, 0.3) is 0 Å². The molecule has 0 saturated carbocycles. The van der Waals surface area contributed by atoms with Crippen LogP contribution in [0.1, 0.15) is 40.9 Å². The zero-order valence-electron chi connectivity index (χ0n) is 11.6. The summed E-state index contributed by atoms with van der Waals surface area (Å²) in [5.41, 5.74) is 1.43. The molecule has 0 saturated heterocycles. The average molecular weight is 278 g/mol. The number of rotatable bonds is 4. The fourth-order valence-electron chi connectivity index (χ4n) is 1.77. The second-order valence-electron chi connectivity index (χ2n) is 4.79. The molecule has 2 aromatic heterocycles. The van der Waals surface area contributed by atoms with Crippen molar-refractivity contribution in [2.75, 3.05) is 7.05 Å². The number of hydrogen-bond donors (Lipinski definition) is 0. The fraction of sp³-hybridized carbons (Fsp3) is 0.462. The molecule has 0 fully saturated rings. The van der Waals surface area contributed by atoms with Crippen LogP contribution in [0.2, 0.25) is 0 Å². The van der Waals surface area contributed by atoms with Crippen LogP contribution in [0.3, 0.4) is 0 Å². The maximum absolute atomic E-state index is 12.4. The van der Waals surface area contributed by atoms with Crippen molar-refractivity contribution < 1.29 is 4.79 Å². The molecule has 0 bridgehead atoms. The van der Waals surface area contributed by atoms with Gasteiger partial charge in [-0.2, -0.15) is 5.10 Å². The Morgan fingerprint density at radius 3 is 2.79 bits per heavy atom. The first-order valence-electron chi connectivity index (χ1n) is 6.18. The van der Waals surface area contributed by atoms with Crippen LogP contribution in [0, 0.1) is 6.92 Å². The lowest BCUT2D eigenvalue weighted by Gasteiger charge is -2.14. The third-order valence-electron chi connectivity index (χ3n) is 2.88. The molecule has 1 amide bonds. The number of carbonyl (C=O) groups excluding carboxylic acids is 1. The molecule has 102 valence electrons. The van der Waals surface area contributed by atoms with E-state index in [0.717, 1.165) is 10.7 Å². The number of nitrogens with zero attached hydrogens (tertiary/aromatic N) is 4. The molecule has 0 aliphatic heterocycles. The first kappa shape index (κ1) is 13.7. The molecule has 0 radical (unpaired) electrons. The van der Waals surface area contributed by atoms with Gasteiger partial charge in [-0.25, -0.2) is 4.98 Å². The third kappa shape index (κ3) is 3.01. The van der Waals surface area contributed by atoms with Gasteiger partial charge < -0.3 is 4.90 Å². The molecule has 5 nitrogen and oxygen atoms in total. The van der Waals surface area contributed by atoms with Gasteiger partial charge in [0, 0.05) is 30.9 Å². The molecular formula is C13H18N4OS. The zero-order chi connectivity index (χ0) is 14.0. The summed E-state index contributed by atoms with van der Waals surface area (Å²) in [5, 5.41) is 7.21. The summed E-state index contributed by atoms with van der Waals surface area (Å²) in [4.78, 5) is 18.2. The highest BCUT2D eigenvalue weighted by atomic mass is 32.1. The molecule has 0 N–H and O–H groups in total. The van der Waals surface area contributed by atoms with Crippen LogP contribution in [-0.2, 0) is 6.54 Å². The van der Waals surface area contributed by atoms with Gasteiger partial charge in [0.15, 0.2) is 0 Å². The molecule has 0 atom stereocenters. The quantitative estimate of drug-likeness (QED) is 0.863. The summed E-state index contributed by atoms with van der Waals surface area (Å²) < 4.78 is 1.82. The van der Waals surface area contributed by atoms with Crippen molar-refractivity contribution in [3.05, 3.63) is 34.0 Å². The van der Waals surface area contributed by atoms with E-state index in [1.54, 1.807) is 29.5 Å². The Hall–Kier alpha value is -1.69. The Balaban J connectivity index is 2.14. The smallest absolute Gasteiger partial charge is 0.257 e. The Morgan fingerprint density at radius 2 is 2.26 bits per heavy atom. The summed E-state index contributed by atoms with van der Waals surface area (Å²) in [6, 6.07) is 0.254. The highest BCUT2D eigenvalue weighted by molar-refractivity contribution is 7.09. The Morgan fingerprint density at radius 1 is 1.53 bits per heavy atom. The molecule has 0 aliphatic rings. The maximum atomic E-state index is 12.4. The monoisotopic (exact) mass is 278 g/mol. The predicted molar refractivity (Wildman–Crippen MR) is 75.3 cm³/mol. The molecule has 0 aliphatic carbocycles. The van der Waals surface area contributed by atoms with Crippen LogP contribution in [-0.4, -0.2) is 32.6 Å². The predicted octanol–water partition coefficient (Wildman–Crippen LogP) is 2.50. The summed E-state index contributed by atoms with van der Waals surface area (Å²) in [7, 11) is 1.79. The van der Waals surface area contributed by atoms with E-state index in [-0.39, 0.29) is 11.9 Å². The summed E-state index contributed by atoms with van der Waals surface area (Å²) >= 11 is 1.55. The van der Waals surface area contributed by atoms with Crippen molar-refractivity contribution in [3.63, 3.8) is 0 Å². The summed E-state index contributed by atoms with van der Waals surface area (Å²) in [6.45, 7) is 6.48. The van der Waals surface area contributed by atoms with Gasteiger partial charge in [0.25, 0.3) is 5.91 Å². The highest BCUT2D eigenvalue weighted by Crippen LogP contribution is 2.14. The molecule has 0 aromatic carbocycles. The number of aryl methyl sites for hydroxylation is 1. The van der Waals surface area contributed by atoms with Crippen molar-refractivity contribution in [1.29, 1.82) is 0 Å². The van der Waals surface area contributed by atoms with E-state index < -0.39 is 0 Å². The molecule has 0 spiro atoms. The number of hydrogen-bond acceptors (Lipinski definition) is 4. The van der Waals surface area contributed by atoms with Gasteiger partial charge in [-0.1, -0.05) is 0 Å². The fourth-order valence-corrected chi connectivity index (χ4v) is 2.44. The Labute approximate surface area is 116 Å². The number of thiazole rings is 1. The van der Waals surface area contributed by atoms with E-state index in [9.17, 15) is 4.79 Å². The lowest BCUT2D eigenvalue weighted by molar-refractivity contribution is 0.0784. The average Bonchev–Trinajstić information content (AvgIpc) is 2.97. The number of aromatic nitrogens is 3. The minimum Gasteiger partial charge on any atom is -0.335 e. The van der Waals surface area contributed by atoms with Crippen LogP contribution in [0.4, 0.5) is 0 Å². The zero-order valence-corrected chi connectivity index (χ0v) is 12.4. The maximum Gasteiger partial charge on any atom is 0.257 e. The minimum absolute atomic E-state index is 0.0143. The van der Waals surface area contributed by atoms with Gasteiger partial charge in [-0.3, -0.25) is 9.48 Å². The molecule has 2 aromatic rings. The van der Waals surface area contributed by atoms with Crippen molar-refractivity contribution in [1.82, 2.24) is 19.7 Å². The van der Waals surface area contributed by atoms with Gasteiger partial charge in [0.05, 0.1) is 17.8 Å². The Kier molecular flexibility index (Phi) is 3.99. The van der Waals surface area contributed by atoms with E-state index in [2.05, 4.69) is 10.1 Å². The molecule has 19 heavy (non-hydrogen) atoms. The third-order valence-corrected chi connectivity index (χ3v) is 3.64. The van der Waals surface area contributed by atoms with Crippen molar-refractivity contribution in [2.24, 2.45) is 0 Å². The first-order valence-corrected chi connectivity index (χ1v) is 7.06. The lowest BCUT2D eigenvalue weighted by atomic mass is 10.2. The normalized spacial score (nSPS) is 11.0. The van der Waals surface area contributed by atoms with Crippen molar-refractivity contribution >= 4 is 17.2 Å². The van der Waals surface area contributed by atoms with E-state index in [1.165, 1.54) is 0 Å².